The number of nitrogens with zero attached hydrogens (tertiary/aromatic N) is 2. The first-order valence-electron chi connectivity index (χ1n) is 11.4. The molecule has 1 heterocycles. The van der Waals surface area contributed by atoms with Gasteiger partial charge in [-0.2, -0.15) is 0 Å². The lowest BCUT2D eigenvalue weighted by Crippen LogP contribution is -2.35. The molecular weight excluding hydrogens is 396 g/mol. The number of hydroxylamine groups is 2. The lowest BCUT2D eigenvalue weighted by molar-refractivity contribution is -0.131. The topological polar surface area (TPSA) is 42.4 Å². The molecule has 0 aliphatic rings. The largest absolute Gasteiger partial charge is 0.296 e. The zero-order chi connectivity index (χ0) is 23.1. The zero-order valence-electron chi connectivity index (χ0n) is 19.8. The minimum Gasteiger partial charge on any atom is -0.270 e. The lowest BCUT2D eigenvalue weighted by atomic mass is 9.96. The van der Waals surface area contributed by atoms with Gasteiger partial charge in [0.2, 0.25) is 0 Å². The van der Waals surface area contributed by atoms with Crippen molar-refractivity contribution in [3.8, 4) is 11.1 Å². The molecule has 4 heteroatoms. The quantitative estimate of drug-likeness (QED) is 0.366. The number of carbonyl (C=O) groups excluding carboxylic acids is 1. The van der Waals surface area contributed by atoms with Crippen molar-refractivity contribution in [3.05, 3.63) is 89.2 Å². The average Bonchev–Trinajstić information content (AvgIpc) is 2.79. The number of amides is 1. The summed E-state index contributed by atoms with van der Waals surface area (Å²) in [5.74, 6) is 0.583. The molecule has 0 aliphatic carbocycles. The fourth-order valence-corrected chi connectivity index (χ4v) is 3.51. The summed E-state index contributed by atoms with van der Waals surface area (Å²) in [4.78, 5) is 23.7. The van der Waals surface area contributed by atoms with Gasteiger partial charge in [0, 0.05) is 11.8 Å². The van der Waals surface area contributed by atoms with Gasteiger partial charge < -0.3 is 0 Å². The molecule has 0 fully saturated rings. The van der Waals surface area contributed by atoms with Crippen LogP contribution in [0.1, 0.15) is 60.8 Å². The fraction of sp³-hybridized carbons (Fsp3) is 0.357. The summed E-state index contributed by atoms with van der Waals surface area (Å²) in [5, 5.41) is 1.47. The second-order valence-corrected chi connectivity index (χ2v) is 9.00. The highest BCUT2D eigenvalue weighted by atomic mass is 16.7. The minimum atomic E-state index is -0.202. The van der Waals surface area contributed by atoms with Gasteiger partial charge in [-0.1, -0.05) is 82.3 Å². The van der Waals surface area contributed by atoms with E-state index in [1.165, 1.54) is 16.2 Å². The monoisotopic (exact) mass is 430 g/mol. The Balaban J connectivity index is 1.80. The summed E-state index contributed by atoms with van der Waals surface area (Å²) >= 11 is 0. The van der Waals surface area contributed by atoms with E-state index in [0.29, 0.717) is 30.7 Å². The number of pyridine rings is 1. The highest BCUT2D eigenvalue weighted by molar-refractivity contribution is 5.92. The van der Waals surface area contributed by atoms with Crippen LogP contribution >= 0.6 is 0 Å². The molecule has 2 aromatic carbocycles. The van der Waals surface area contributed by atoms with Crippen molar-refractivity contribution in [1.82, 2.24) is 10.0 Å². The molecule has 0 unspecified atom stereocenters. The Labute approximate surface area is 192 Å². The van der Waals surface area contributed by atoms with Gasteiger partial charge in [0.1, 0.15) is 5.69 Å². The van der Waals surface area contributed by atoms with Crippen LogP contribution in [0.4, 0.5) is 0 Å². The molecule has 1 aromatic heterocycles. The van der Waals surface area contributed by atoms with Gasteiger partial charge in [-0.15, -0.1) is 0 Å². The Morgan fingerprint density at radius 1 is 1.00 bits per heavy atom. The first-order chi connectivity index (χ1) is 15.3. The third-order valence-electron chi connectivity index (χ3n) is 5.43. The van der Waals surface area contributed by atoms with Crippen molar-refractivity contribution in [2.45, 2.75) is 47.0 Å². The van der Waals surface area contributed by atoms with E-state index < -0.39 is 0 Å². The van der Waals surface area contributed by atoms with E-state index in [1.807, 2.05) is 31.2 Å². The van der Waals surface area contributed by atoms with Crippen molar-refractivity contribution in [3.63, 3.8) is 0 Å². The number of aryl methyl sites for hydroxylation is 1. The van der Waals surface area contributed by atoms with Crippen molar-refractivity contribution >= 4 is 5.91 Å². The molecule has 3 aromatic rings. The smallest absolute Gasteiger partial charge is 0.270 e. The molecule has 0 N–H and O–H groups in total. The molecule has 0 aliphatic heterocycles. The van der Waals surface area contributed by atoms with Gasteiger partial charge in [-0.3, -0.25) is 14.6 Å². The Morgan fingerprint density at radius 2 is 1.75 bits per heavy atom. The van der Waals surface area contributed by atoms with E-state index in [2.05, 4.69) is 69.1 Å². The molecule has 168 valence electrons. The van der Waals surface area contributed by atoms with Gasteiger partial charge in [0.25, 0.3) is 5.91 Å². The maximum Gasteiger partial charge on any atom is 0.296 e. The second-order valence-electron chi connectivity index (χ2n) is 9.00. The molecule has 0 atom stereocenters. The molecule has 3 rings (SSSR count). The van der Waals surface area contributed by atoms with E-state index in [1.54, 1.807) is 6.20 Å². The molecule has 32 heavy (non-hydrogen) atoms. The molecule has 1 amide bonds. The Hall–Kier alpha value is -2.98. The van der Waals surface area contributed by atoms with Crippen LogP contribution in [0.2, 0.25) is 0 Å². The van der Waals surface area contributed by atoms with Gasteiger partial charge in [-0.25, -0.2) is 5.06 Å². The van der Waals surface area contributed by atoms with Crippen LogP contribution in [0.15, 0.2) is 66.9 Å². The van der Waals surface area contributed by atoms with Gasteiger partial charge in [-0.05, 0) is 53.5 Å². The normalized spacial score (nSPS) is 11.2. The van der Waals surface area contributed by atoms with E-state index in [9.17, 15) is 4.79 Å². The summed E-state index contributed by atoms with van der Waals surface area (Å²) in [6, 6.07) is 20.5. The van der Waals surface area contributed by atoms with Gasteiger partial charge in [0.15, 0.2) is 0 Å². The average molecular weight is 431 g/mol. The maximum absolute atomic E-state index is 13.3. The number of hydrogen-bond acceptors (Lipinski definition) is 3. The van der Waals surface area contributed by atoms with Gasteiger partial charge in [0.05, 0.1) is 13.2 Å². The zero-order valence-corrected chi connectivity index (χ0v) is 19.8. The predicted molar refractivity (Wildman–Crippen MR) is 130 cm³/mol. The van der Waals surface area contributed by atoms with Crippen LogP contribution in [-0.2, 0) is 11.3 Å². The maximum atomic E-state index is 13.3. The standard InChI is InChI=1S/C28H34N2O2/c1-20(2)19-32-30(15-14-23-10-7-6-8-11-23)28(31)27-16-22(5)26(18-29-27)25-13-9-12-24(17-25)21(3)4/h6-13,16-18,20-21H,14-15,19H2,1-5H3. The van der Waals surface area contributed by atoms with Crippen LogP contribution in [-0.4, -0.2) is 29.1 Å². The number of rotatable bonds is 9. The fourth-order valence-electron chi connectivity index (χ4n) is 3.51. The summed E-state index contributed by atoms with van der Waals surface area (Å²) in [6.07, 6.45) is 2.53. The molecule has 0 saturated carbocycles. The molecule has 0 saturated heterocycles. The highest BCUT2D eigenvalue weighted by Crippen LogP contribution is 2.26. The molecule has 4 nitrogen and oxygen atoms in total. The number of hydrogen-bond donors (Lipinski definition) is 0. The van der Waals surface area contributed by atoms with Crippen molar-refractivity contribution in [2.75, 3.05) is 13.2 Å². The third-order valence-corrected chi connectivity index (χ3v) is 5.43. The van der Waals surface area contributed by atoms with E-state index in [-0.39, 0.29) is 5.91 Å². The van der Waals surface area contributed by atoms with E-state index in [0.717, 1.165) is 23.1 Å². The van der Waals surface area contributed by atoms with E-state index >= 15 is 0 Å². The SMILES string of the molecule is Cc1cc(C(=O)N(CCc2ccccc2)OCC(C)C)ncc1-c1cccc(C(C)C)c1. The summed E-state index contributed by atoms with van der Waals surface area (Å²) in [7, 11) is 0. The number of carbonyl (C=O) groups is 1. The summed E-state index contributed by atoms with van der Waals surface area (Å²) in [5.41, 5.74) is 6.05. The van der Waals surface area contributed by atoms with E-state index in [4.69, 9.17) is 4.84 Å². The minimum absolute atomic E-state index is 0.202. The van der Waals surface area contributed by atoms with Crippen LogP contribution in [0.5, 0.6) is 0 Å². The molecule has 0 spiro atoms. The first kappa shape index (κ1) is 23.7. The van der Waals surface area contributed by atoms with Crippen LogP contribution in [0.3, 0.4) is 0 Å². The third kappa shape index (κ3) is 6.27. The Kier molecular flexibility index (Phi) is 8.18. The van der Waals surface area contributed by atoms with Crippen LogP contribution < -0.4 is 0 Å². The van der Waals surface area contributed by atoms with Crippen molar-refractivity contribution in [2.24, 2.45) is 5.92 Å². The number of benzene rings is 2. The molecular formula is C28H34N2O2. The van der Waals surface area contributed by atoms with Crippen molar-refractivity contribution in [1.29, 1.82) is 0 Å². The summed E-state index contributed by atoms with van der Waals surface area (Å²) < 4.78 is 0. The molecule has 0 radical (unpaired) electrons. The van der Waals surface area contributed by atoms with Crippen molar-refractivity contribution < 1.29 is 9.63 Å². The van der Waals surface area contributed by atoms with Gasteiger partial charge >= 0.3 is 0 Å². The first-order valence-corrected chi connectivity index (χ1v) is 11.4. The second kappa shape index (κ2) is 11.1. The highest BCUT2D eigenvalue weighted by Gasteiger charge is 2.20. The summed E-state index contributed by atoms with van der Waals surface area (Å²) in [6.45, 7) is 11.5. The van der Waals surface area contributed by atoms with Crippen LogP contribution in [0, 0.1) is 12.8 Å². The Morgan fingerprint density at radius 3 is 2.41 bits per heavy atom. The predicted octanol–water partition coefficient (Wildman–Crippen LogP) is 6.45. The Bertz CT molecular complexity index is 1030. The van der Waals surface area contributed by atoms with Crippen LogP contribution in [0.25, 0.3) is 11.1 Å². The molecule has 0 bridgehead atoms. The number of aromatic nitrogens is 1. The lowest BCUT2D eigenvalue weighted by Gasteiger charge is -2.23.